The van der Waals surface area contributed by atoms with Crippen molar-refractivity contribution in [2.45, 2.75) is 45.4 Å². The number of carbonyl (C=O) groups is 2. The van der Waals surface area contributed by atoms with E-state index in [4.69, 9.17) is 0 Å². The number of imidazole rings is 1. The van der Waals surface area contributed by atoms with Gasteiger partial charge in [0.05, 0.1) is 17.9 Å². The van der Waals surface area contributed by atoms with Gasteiger partial charge in [-0.05, 0) is 38.8 Å². The highest BCUT2D eigenvalue weighted by Crippen LogP contribution is 2.27. The molecule has 1 saturated heterocycles. The number of nitrogens with one attached hydrogen (secondary N) is 1. The van der Waals surface area contributed by atoms with E-state index in [0.717, 1.165) is 16.9 Å². The topological polar surface area (TPSA) is 93.0 Å². The minimum atomic E-state index is -1.20. The Labute approximate surface area is 161 Å². The molecule has 3 heterocycles. The Morgan fingerprint density at radius 3 is 2.56 bits per heavy atom. The number of imide groups is 1. The Morgan fingerprint density at radius 2 is 2.00 bits per heavy atom. The maximum atomic E-state index is 12.4. The zero-order chi connectivity index (χ0) is 19.9. The number of aromatic nitrogens is 2. The van der Waals surface area contributed by atoms with Crippen molar-refractivity contribution in [3.63, 3.8) is 0 Å². The Morgan fingerprint density at radius 1 is 1.30 bits per heavy atom. The quantitative estimate of drug-likeness (QED) is 0.620. The molecule has 0 spiro atoms. The van der Waals surface area contributed by atoms with E-state index in [1.807, 2.05) is 50.6 Å². The number of carbonyl (C=O) groups excluding carboxylic acids is 2. The highest BCUT2D eigenvalue weighted by molar-refractivity contribution is 7.90. The van der Waals surface area contributed by atoms with Crippen LogP contribution in [-0.4, -0.2) is 49.1 Å². The summed E-state index contributed by atoms with van der Waals surface area (Å²) >= 11 is -1.20. The molecule has 0 bridgehead atoms. The number of urea groups is 1. The van der Waals surface area contributed by atoms with Gasteiger partial charge < -0.3 is 8.95 Å². The number of hydrogen-bond donors (Lipinski definition) is 1. The van der Waals surface area contributed by atoms with Crippen molar-refractivity contribution in [3.05, 3.63) is 29.7 Å². The van der Waals surface area contributed by atoms with Crippen molar-refractivity contribution < 1.29 is 14.1 Å². The standard InChI is InChI=1S/C18H25N5O3S/c1-6-12-7-14(23-11-15(24)21(5)17(23)25)16-20-13(10-22(16)9-12)8-19-27(26)18(2,3)4/h7,9-10,19H,6,8,11H2,1-5H3/t27-/m1/s1. The van der Waals surface area contributed by atoms with Crippen LogP contribution in [0, 0.1) is 0 Å². The summed E-state index contributed by atoms with van der Waals surface area (Å²) < 4.78 is 16.7. The molecule has 0 aliphatic carbocycles. The van der Waals surface area contributed by atoms with Gasteiger partial charge in [-0.1, -0.05) is 6.92 Å². The molecule has 1 atom stereocenters. The summed E-state index contributed by atoms with van der Waals surface area (Å²) in [6, 6.07) is 1.55. The van der Waals surface area contributed by atoms with Crippen LogP contribution in [-0.2, 0) is 29.1 Å². The lowest BCUT2D eigenvalue weighted by Gasteiger charge is -2.23. The van der Waals surface area contributed by atoms with Crippen LogP contribution >= 0.6 is 0 Å². The summed E-state index contributed by atoms with van der Waals surface area (Å²) in [6.07, 6.45) is 4.60. The van der Waals surface area contributed by atoms with Gasteiger partial charge in [0.1, 0.15) is 11.3 Å². The molecule has 0 saturated carbocycles. The molecule has 2 aromatic heterocycles. The molecule has 1 fully saturated rings. The average Bonchev–Trinajstić information content (AvgIpc) is 3.13. The van der Waals surface area contributed by atoms with Crippen LogP contribution in [0.25, 0.3) is 5.65 Å². The molecule has 146 valence electrons. The van der Waals surface area contributed by atoms with Gasteiger partial charge in [0.15, 0.2) is 5.65 Å². The molecule has 1 aliphatic rings. The lowest BCUT2D eigenvalue weighted by atomic mass is 10.2. The molecule has 0 unspecified atom stereocenters. The third kappa shape index (κ3) is 3.80. The highest BCUT2D eigenvalue weighted by Gasteiger charge is 2.35. The zero-order valence-electron chi connectivity index (χ0n) is 16.3. The maximum absolute atomic E-state index is 12.4. The summed E-state index contributed by atoms with van der Waals surface area (Å²) in [4.78, 5) is 31.5. The molecule has 1 aliphatic heterocycles. The van der Waals surface area contributed by atoms with Gasteiger partial charge in [-0.2, -0.15) is 0 Å². The Bertz CT molecular complexity index is 889. The maximum Gasteiger partial charge on any atom is 0.331 e. The van der Waals surface area contributed by atoms with Crippen LogP contribution in [0.3, 0.4) is 0 Å². The van der Waals surface area contributed by atoms with E-state index in [1.54, 1.807) is 0 Å². The second-order valence-corrected chi connectivity index (χ2v) is 9.62. The summed E-state index contributed by atoms with van der Waals surface area (Å²) in [5, 5.41) is 0. The second-order valence-electron chi connectivity index (χ2n) is 7.57. The smallest absolute Gasteiger partial charge is 0.331 e. The fourth-order valence-electron chi connectivity index (χ4n) is 2.81. The van der Waals surface area contributed by atoms with Gasteiger partial charge in [0.2, 0.25) is 5.91 Å². The van der Waals surface area contributed by atoms with Crippen LogP contribution in [0.5, 0.6) is 0 Å². The molecule has 2 aromatic rings. The predicted octanol–water partition coefficient (Wildman–Crippen LogP) is 1.85. The monoisotopic (exact) mass is 391 g/mol. The number of pyridine rings is 1. The van der Waals surface area contributed by atoms with Gasteiger partial charge in [-0.25, -0.2) is 9.78 Å². The largest absolute Gasteiger partial charge is 0.598 e. The molecule has 27 heavy (non-hydrogen) atoms. The lowest BCUT2D eigenvalue weighted by Crippen LogP contribution is -2.39. The number of aryl methyl sites for hydroxylation is 1. The first-order chi connectivity index (χ1) is 12.6. The minimum Gasteiger partial charge on any atom is -0.598 e. The molecule has 0 aromatic carbocycles. The van der Waals surface area contributed by atoms with E-state index < -0.39 is 11.4 Å². The first kappa shape index (κ1) is 19.7. The van der Waals surface area contributed by atoms with E-state index in [1.165, 1.54) is 11.9 Å². The third-order valence-corrected chi connectivity index (χ3v) is 5.98. The first-order valence-electron chi connectivity index (χ1n) is 8.85. The van der Waals surface area contributed by atoms with Crippen molar-refractivity contribution in [1.82, 2.24) is 19.0 Å². The van der Waals surface area contributed by atoms with Crippen molar-refractivity contribution in [2.75, 3.05) is 18.5 Å². The minimum absolute atomic E-state index is 0.00659. The number of nitrogens with zero attached hydrogens (tertiary/aromatic N) is 4. The lowest BCUT2D eigenvalue weighted by molar-refractivity contribution is -0.123. The van der Waals surface area contributed by atoms with E-state index in [0.29, 0.717) is 23.6 Å². The second kappa shape index (κ2) is 7.14. The fourth-order valence-corrected chi connectivity index (χ4v) is 3.52. The van der Waals surface area contributed by atoms with E-state index in [-0.39, 0.29) is 23.2 Å². The van der Waals surface area contributed by atoms with Crippen LogP contribution < -0.4 is 9.62 Å². The van der Waals surface area contributed by atoms with Gasteiger partial charge in [0.25, 0.3) is 0 Å². The van der Waals surface area contributed by atoms with Crippen LogP contribution in [0.2, 0.25) is 0 Å². The normalized spacial score (nSPS) is 16.7. The first-order valence-corrected chi connectivity index (χ1v) is 10.0. The Kier molecular flexibility index (Phi) is 5.20. The zero-order valence-corrected chi connectivity index (χ0v) is 17.1. The summed E-state index contributed by atoms with van der Waals surface area (Å²) in [5.41, 5.74) is 2.96. The van der Waals surface area contributed by atoms with E-state index in [9.17, 15) is 14.1 Å². The molecule has 1 N–H and O–H groups in total. The molecule has 9 heteroatoms. The Hall–Kier alpha value is -2.10. The van der Waals surface area contributed by atoms with Gasteiger partial charge in [-0.3, -0.25) is 14.6 Å². The summed E-state index contributed by atoms with van der Waals surface area (Å²) in [7, 11) is 1.48. The van der Waals surface area contributed by atoms with Gasteiger partial charge in [0, 0.05) is 30.8 Å². The van der Waals surface area contributed by atoms with E-state index >= 15 is 0 Å². The van der Waals surface area contributed by atoms with Crippen molar-refractivity contribution in [1.29, 1.82) is 0 Å². The highest BCUT2D eigenvalue weighted by atomic mass is 32.2. The Balaban J connectivity index is 1.96. The van der Waals surface area contributed by atoms with Crippen LogP contribution in [0.15, 0.2) is 18.5 Å². The molecule has 8 nitrogen and oxygen atoms in total. The van der Waals surface area contributed by atoms with Crippen molar-refractivity contribution >= 4 is 34.6 Å². The predicted molar refractivity (Wildman–Crippen MR) is 105 cm³/mol. The molecule has 0 radical (unpaired) electrons. The third-order valence-electron chi connectivity index (χ3n) is 4.46. The fraction of sp³-hybridized carbons (Fsp3) is 0.500. The van der Waals surface area contributed by atoms with Gasteiger partial charge in [-0.15, -0.1) is 4.72 Å². The number of hydrogen-bond acceptors (Lipinski definition) is 5. The SMILES string of the molecule is CCc1cc(N2CC(=O)N(C)C2=O)c2nc(CN[S@+]([O-])C(C)(C)C)cn2c1. The summed E-state index contributed by atoms with van der Waals surface area (Å²) in [5.74, 6) is -0.242. The average molecular weight is 391 g/mol. The van der Waals surface area contributed by atoms with Crippen LogP contribution in [0.1, 0.15) is 39.0 Å². The van der Waals surface area contributed by atoms with Crippen LogP contribution in [0.4, 0.5) is 10.5 Å². The molecular weight excluding hydrogens is 366 g/mol. The van der Waals surface area contributed by atoms with Crippen molar-refractivity contribution in [2.24, 2.45) is 0 Å². The number of anilines is 1. The van der Waals surface area contributed by atoms with Gasteiger partial charge >= 0.3 is 6.03 Å². The molecule has 3 rings (SSSR count). The van der Waals surface area contributed by atoms with Crippen molar-refractivity contribution in [3.8, 4) is 0 Å². The number of amides is 3. The molecule has 3 amide bonds. The molecular formula is C18H25N5O3S. The number of rotatable bonds is 5. The van der Waals surface area contributed by atoms with E-state index in [2.05, 4.69) is 9.71 Å². The number of fused-ring (bicyclic) bond motifs is 1. The summed E-state index contributed by atoms with van der Waals surface area (Å²) in [6.45, 7) is 8.08. The number of likely N-dealkylation sites (N-methyl/N-ethyl adjacent to an activating group) is 1.